The Balaban J connectivity index is 1.91. The molecule has 3 aromatic rings. The molecular weight excluding hydrogens is 264 g/mol. The summed E-state index contributed by atoms with van der Waals surface area (Å²) in [5, 5.41) is 0. The van der Waals surface area contributed by atoms with Gasteiger partial charge in [0.05, 0.1) is 26.2 Å². The molecular formula is C17H16N2O2. The summed E-state index contributed by atoms with van der Waals surface area (Å²) in [6.07, 6.45) is 3.80. The Hall–Kier alpha value is -2.75. The van der Waals surface area contributed by atoms with Crippen molar-refractivity contribution in [3.63, 3.8) is 0 Å². The summed E-state index contributed by atoms with van der Waals surface area (Å²) in [5.41, 5.74) is 2.98. The minimum atomic E-state index is 0.825. The van der Waals surface area contributed by atoms with Crippen LogP contribution < -0.4 is 9.47 Å². The average molecular weight is 280 g/mol. The number of methoxy groups -OCH3 is 2. The molecule has 2 aromatic carbocycles. The molecule has 0 saturated heterocycles. The van der Waals surface area contributed by atoms with Gasteiger partial charge in [-0.2, -0.15) is 0 Å². The van der Waals surface area contributed by atoms with E-state index in [-0.39, 0.29) is 0 Å². The highest BCUT2D eigenvalue weighted by atomic mass is 16.5. The van der Waals surface area contributed by atoms with Crippen molar-refractivity contribution in [3.8, 4) is 28.4 Å². The monoisotopic (exact) mass is 280 g/mol. The summed E-state index contributed by atoms with van der Waals surface area (Å²) in [4.78, 5) is 4.46. The first-order valence-electron chi connectivity index (χ1n) is 6.63. The molecule has 0 aliphatic carbocycles. The molecule has 0 saturated carbocycles. The maximum Gasteiger partial charge on any atom is 0.119 e. The molecule has 3 rings (SSSR count). The molecule has 106 valence electrons. The Kier molecular flexibility index (Phi) is 3.60. The maximum atomic E-state index is 5.24. The van der Waals surface area contributed by atoms with Crippen molar-refractivity contribution >= 4 is 0 Å². The third-order valence-corrected chi connectivity index (χ3v) is 3.32. The number of hydrogen-bond acceptors (Lipinski definition) is 3. The summed E-state index contributed by atoms with van der Waals surface area (Å²) >= 11 is 0. The predicted molar refractivity (Wildman–Crippen MR) is 82.1 cm³/mol. The fourth-order valence-corrected chi connectivity index (χ4v) is 2.15. The van der Waals surface area contributed by atoms with Crippen molar-refractivity contribution < 1.29 is 9.47 Å². The van der Waals surface area contributed by atoms with Gasteiger partial charge < -0.3 is 14.0 Å². The third-order valence-electron chi connectivity index (χ3n) is 3.32. The van der Waals surface area contributed by atoms with Gasteiger partial charge in [-0.25, -0.2) is 4.98 Å². The van der Waals surface area contributed by atoms with Crippen molar-refractivity contribution in [2.24, 2.45) is 0 Å². The molecule has 0 unspecified atom stereocenters. The van der Waals surface area contributed by atoms with Crippen molar-refractivity contribution in [1.29, 1.82) is 0 Å². The van der Waals surface area contributed by atoms with E-state index in [2.05, 4.69) is 4.98 Å². The summed E-state index contributed by atoms with van der Waals surface area (Å²) < 4.78 is 12.4. The van der Waals surface area contributed by atoms with E-state index in [0.717, 1.165) is 28.4 Å². The highest BCUT2D eigenvalue weighted by molar-refractivity contribution is 5.61. The van der Waals surface area contributed by atoms with Crippen LogP contribution in [0.5, 0.6) is 11.5 Å². The summed E-state index contributed by atoms with van der Waals surface area (Å²) in [7, 11) is 3.32. The van der Waals surface area contributed by atoms with Gasteiger partial charge >= 0.3 is 0 Å². The molecule has 0 spiro atoms. The van der Waals surface area contributed by atoms with E-state index in [1.165, 1.54) is 0 Å². The highest BCUT2D eigenvalue weighted by Crippen LogP contribution is 2.23. The number of aromatic nitrogens is 2. The number of hydrogen-bond donors (Lipinski definition) is 0. The molecule has 0 amide bonds. The van der Waals surface area contributed by atoms with E-state index in [9.17, 15) is 0 Å². The van der Waals surface area contributed by atoms with Crippen LogP contribution in [-0.2, 0) is 0 Å². The standard InChI is InChI=1S/C17H16N2O2/c1-20-15-8-6-14(7-9-15)19-11-17(18-12-19)13-4-3-5-16(10-13)21-2/h3-12H,1-2H3. The van der Waals surface area contributed by atoms with Gasteiger partial charge in [0.25, 0.3) is 0 Å². The minimum absolute atomic E-state index is 0.825. The van der Waals surface area contributed by atoms with Crippen LogP contribution >= 0.6 is 0 Å². The van der Waals surface area contributed by atoms with Gasteiger partial charge in [0.2, 0.25) is 0 Å². The van der Waals surface area contributed by atoms with Gasteiger partial charge in [-0.15, -0.1) is 0 Å². The fourth-order valence-electron chi connectivity index (χ4n) is 2.15. The number of benzene rings is 2. The first-order chi connectivity index (χ1) is 10.3. The second kappa shape index (κ2) is 5.71. The summed E-state index contributed by atoms with van der Waals surface area (Å²) in [6, 6.07) is 15.7. The second-order valence-corrected chi connectivity index (χ2v) is 4.60. The smallest absolute Gasteiger partial charge is 0.119 e. The quantitative estimate of drug-likeness (QED) is 0.733. The summed E-state index contributed by atoms with van der Waals surface area (Å²) in [6.45, 7) is 0. The Morgan fingerprint density at radius 2 is 1.67 bits per heavy atom. The fraction of sp³-hybridized carbons (Fsp3) is 0.118. The zero-order valence-electron chi connectivity index (χ0n) is 12.0. The van der Waals surface area contributed by atoms with E-state index in [4.69, 9.17) is 9.47 Å². The lowest BCUT2D eigenvalue weighted by atomic mass is 10.1. The average Bonchev–Trinajstić information content (AvgIpc) is 3.05. The van der Waals surface area contributed by atoms with Crippen LogP contribution in [0.4, 0.5) is 0 Å². The lowest BCUT2D eigenvalue weighted by Gasteiger charge is -2.04. The van der Waals surface area contributed by atoms with Crippen LogP contribution in [0.15, 0.2) is 61.1 Å². The SMILES string of the molecule is COc1ccc(-n2cnc(-c3cccc(OC)c3)c2)cc1. The number of nitrogens with zero attached hydrogens (tertiary/aromatic N) is 2. The lowest BCUT2D eigenvalue weighted by Crippen LogP contribution is -1.90. The molecule has 0 aliphatic rings. The molecule has 0 fully saturated rings. The summed E-state index contributed by atoms with van der Waals surface area (Å²) in [5.74, 6) is 1.67. The van der Waals surface area contributed by atoms with Crippen LogP contribution in [0.2, 0.25) is 0 Å². The molecule has 1 heterocycles. The third kappa shape index (κ3) is 2.74. The van der Waals surface area contributed by atoms with E-state index in [0.29, 0.717) is 0 Å². The first kappa shape index (κ1) is 13.2. The van der Waals surface area contributed by atoms with E-state index in [1.807, 2.05) is 59.3 Å². The Labute approximate surface area is 123 Å². The normalized spacial score (nSPS) is 10.4. The molecule has 0 atom stereocenters. The maximum absolute atomic E-state index is 5.24. The molecule has 4 heteroatoms. The van der Waals surface area contributed by atoms with E-state index < -0.39 is 0 Å². The Morgan fingerprint density at radius 1 is 0.905 bits per heavy atom. The van der Waals surface area contributed by atoms with Gasteiger partial charge in [-0.3, -0.25) is 0 Å². The van der Waals surface area contributed by atoms with Crippen LogP contribution in [0.3, 0.4) is 0 Å². The van der Waals surface area contributed by atoms with Crippen LogP contribution in [0, 0.1) is 0 Å². The zero-order valence-corrected chi connectivity index (χ0v) is 12.0. The van der Waals surface area contributed by atoms with Gasteiger partial charge in [-0.1, -0.05) is 12.1 Å². The molecule has 0 bridgehead atoms. The number of rotatable bonds is 4. The zero-order chi connectivity index (χ0) is 14.7. The van der Waals surface area contributed by atoms with Gasteiger partial charge in [0, 0.05) is 17.4 Å². The van der Waals surface area contributed by atoms with E-state index >= 15 is 0 Å². The van der Waals surface area contributed by atoms with Crippen molar-refractivity contribution in [1.82, 2.24) is 9.55 Å². The number of ether oxygens (including phenoxy) is 2. The molecule has 0 aliphatic heterocycles. The van der Waals surface area contributed by atoms with Crippen molar-refractivity contribution in [2.45, 2.75) is 0 Å². The topological polar surface area (TPSA) is 36.3 Å². The molecule has 4 nitrogen and oxygen atoms in total. The minimum Gasteiger partial charge on any atom is -0.497 e. The molecule has 0 N–H and O–H groups in total. The van der Waals surface area contributed by atoms with Crippen LogP contribution in [0.1, 0.15) is 0 Å². The largest absolute Gasteiger partial charge is 0.497 e. The number of imidazole rings is 1. The lowest BCUT2D eigenvalue weighted by molar-refractivity contribution is 0.414. The van der Waals surface area contributed by atoms with Crippen molar-refractivity contribution in [2.75, 3.05) is 14.2 Å². The van der Waals surface area contributed by atoms with Crippen LogP contribution in [-0.4, -0.2) is 23.8 Å². The second-order valence-electron chi connectivity index (χ2n) is 4.60. The molecule has 21 heavy (non-hydrogen) atoms. The van der Waals surface area contributed by atoms with Gasteiger partial charge in [-0.05, 0) is 36.4 Å². The van der Waals surface area contributed by atoms with Crippen molar-refractivity contribution in [3.05, 3.63) is 61.1 Å². The van der Waals surface area contributed by atoms with E-state index in [1.54, 1.807) is 20.5 Å². The van der Waals surface area contributed by atoms with Gasteiger partial charge in [0.15, 0.2) is 0 Å². The Morgan fingerprint density at radius 3 is 2.38 bits per heavy atom. The molecule has 0 radical (unpaired) electrons. The first-order valence-corrected chi connectivity index (χ1v) is 6.63. The molecule has 1 aromatic heterocycles. The van der Waals surface area contributed by atoms with Crippen LogP contribution in [0.25, 0.3) is 16.9 Å². The van der Waals surface area contributed by atoms with Gasteiger partial charge in [0.1, 0.15) is 11.5 Å². The highest BCUT2D eigenvalue weighted by Gasteiger charge is 2.05. The predicted octanol–water partition coefficient (Wildman–Crippen LogP) is 3.56. The Bertz CT molecular complexity index is 733.